The highest BCUT2D eigenvalue weighted by molar-refractivity contribution is 5.92. The van der Waals surface area contributed by atoms with Crippen molar-refractivity contribution in [1.29, 1.82) is 0 Å². The summed E-state index contributed by atoms with van der Waals surface area (Å²) in [5.74, 6) is -0.0358. The quantitative estimate of drug-likeness (QED) is 0.826. The number of aryl methyl sites for hydroxylation is 1. The van der Waals surface area contributed by atoms with Crippen LogP contribution in [0.4, 0.5) is 13.2 Å². The van der Waals surface area contributed by atoms with E-state index in [1.165, 1.54) is 0 Å². The van der Waals surface area contributed by atoms with Crippen molar-refractivity contribution in [3.63, 3.8) is 0 Å². The summed E-state index contributed by atoms with van der Waals surface area (Å²) in [7, 11) is 0. The number of hydrogen-bond donors (Lipinski definition) is 0. The smallest absolute Gasteiger partial charge is 0.325 e. The highest BCUT2D eigenvalue weighted by Gasteiger charge is 2.40. The lowest BCUT2D eigenvalue weighted by Crippen LogP contribution is -2.48. The Balaban J connectivity index is 1.80. The number of nitrogens with zero attached hydrogens (tertiary/aromatic N) is 3. The SMILES string of the molecule is Cc1cc(C(=O)N(CC(F)(F)F)C2CCC2)nn1[C@H](C)C1CC1. The number of carbonyl (C=O) groups is 1. The topological polar surface area (TPSA) is 38.1 Å². The molecule has 0 N–H and O–H groups in total. The fourth-order valence-electron chi connectivity index (χ4n) is 3.19. The Kier molecular flexibility index (Phi) is 4.14. The molecule has 2 aliphatic rings. The van der Waals surface area contributed by atoms with E-state index in [-0.39, 0.29) is 17.8 Å². The van der Waals surface area contributed by atoms with Gasteiger partial charge in [0.1, 0.15) is 6.54 Å². The summed E-state index contributed by atoms with van der Waals surface area (Å²) in [6, 6.07) is 1.50. The van der Waals surface area contributed by atoms with Gasteiger partial charge in [-0.2, -0.15) is 18.3 Å². The van der Waals surface area contributed by atoms with Gasteiger partial charge < -0.3 is 4.90 Å². The van der Waals surface area contributed by atoms with Gasteiger partial charge in [0, 0.05) is 11.7 Å². The fraction of sp³-hybridized carbons (Fsp3) is 0.750. The third-order valence-corrected chi connectivity index (χ3v) is 4.96. The number of carbonyl (C=O) groups excluding carboxylic acids is 1. The Morgan fingerprint density at radius 2 is 2.04 bits per heavy atom. The highest BCUT2D eigenvalue weighted by atomic mass is 19.4. The van der Waals surface area contributed by atoms with Crippen molar-refractivity contribution in [2.75, 3.05) is 6.54 Å². The van der Waals surface area contributed by atoms with Crippen molar-refractivity contribution in [3.05, 3.63) is 17.5 Å². The summed E-state index contributed by atoms with van der Waals surface area (Å²) in [5.41, 5.74) is 0.958. The molecule has 3 rings (SSSR count). The van der Waals surface area contributed by atoms with E-state index in [1.807, 2.05) is 13.8 Å². The Morgan fingerprint density at radius 3 is 2.52 bits per heavy atom. The molecule has 1 aromatic rings. The Bertz CT molecular complexity index is 588. The molecule has 0 bridgehead atoms. The lowest BCUT2D eigenvalue weighted by molar-refractivity contribution is -0.147. The monoisotopic (exact) mass is 329 g/mol. The van der Waals surface area contributed by atoms with Crippen LogP contribution in [-0.4, -0.2) is 39.4 Å². The van der Waals surface area contributed by atoms with Crippen LogP contribution >= 0.6 is 0 Å². The van der Waals surface area contributed by atoms with E-state index in [9.17, 15) is 18.0 Å². The van der Waals surface area contributed by atoms with Gasteiger partial charge in [-0.1, -0.05) is 0 Å². The van der Waals surface area contributed by atoms with E-state index < -0.39 is 18.6 Å². The molecule has 0 aliphatic heterocycles. The maximum Gasteiger partial charge on any atom is 0.406 e. The molecule has 23 heavy (non-hydrogen) atoms. The molecule has 0 saturated heterocycles. The second-order valence-electron chi connectivity index (χ2n) is 6.83. The maximum absolute atomic E-state index is 12.8. The molecule has 2 fully saturated rings. The van der Waals surface area contributed by atoms with Gasteiger partial charge >= 0.3 is 6.18 Å². The molecule has 7 heteroatoms. The van der Waals surface area contributed by atoms with Crippen LogP contribution in [0, 0.1) is 12.8 Å². The molecule has 1 heterocycles. The van der Waals surface area contributed by atoms with Crippen molar-refractivity contribution in [3.8, 4) is 0 Å². The van der Waals surface area contributed by atoms with Crippen molar-refractivity contribution in [2.45, 2.75) is 64.2 Å². The number of hydrogen-bond acceptors (Lipinski definition) is 2. The predicted octanol–water partition coefficient (Wildman–Crippen LogP) is 3.72. The standard InChI is InChI=1S/C16H22F3N3O/c1-10-8-14(20-22(10)11(2)12-6-7-12)15(23)21(9-16(17,18)19)13-4-3-5-13/h8,11-13H,3-7,9H2,1-2H3/t11-/m1/s1. The molecule has 1 aromatic heterocycles. The van der Waals surface area contributed by atoms with Crippen LogP contribution in [0.2, 0.25) is 0 Å². The highest BCUT2D eigenvalue weighted by Crippen LogP contribution is 2.39. The molecule has 0 radical (unpaired) electrons. The van der Waals surface area contributed by atoms with Crippen LogP contribution in [0.15, 0.2) is 6.07 Å². The van der Waals surface area contributed by atoms with E-state index in [2.05, 4.69) is 5.10 Å². The molecular weight excluding hydrogens is 307 g/mol. The van der Waals surface area contributed by atoms with E-state index in [4.69, 9.17) is 0 Å². The number of aromatic nitrogens is 2. The molecule has 128 valence electrons. The van der Waals surface area contributed by atoms with Gasteiger partial charge in [-0.15, -0.1) is 0 Å². The second kappa shape index (κ2) is 5.83. The number of alkyl halides is 3. The summed E-state index contributed by atoms with van der Waals surface area (Å²) < 4.78 is 40.2. The number of rotatable bonds is 5. The van der Waals surface area contributed by atoms with Crippen LogP contribution in [0.5, 0.6) is 0 Å². The minimum atomic E-state index is -4.38. The maximum atomic E-state index is 12.8. The van der Waals surface area contributed by atoms with Gasteiger partial charge in [-0.3, -0.25) is 9.48 Å². The van der Waals surface area contributed by atoms with Gasteiger partial charge in [-0.25, -0.2) is 0 Å². The Labute approximate surface area is 133 Å². The van der Waals surface area contributed by atoms with Gasteiger partial charge in [0.25, 0.3) is 5.91 Å². The first kappa shape index (κ1) is 16.3. The van der Waals surface area contributed by atoms with Crippen LogP contribution in [-0.2, 0) is 0 Å². The molecule has 1 atom stereocenters. The van der Waals surface area contributed by atoms with E-state index in [1.54, 1.807) is 10.7 Å². The summed E-state index contributed by atoms with van der Waals surface area (Å²) >= 11 is 0. The van der Waals surface area contributed by atoms with Crippen molar-refractivity contribution < 1.29 is 18.0 Å². The largest absolute Gasteiger partial charge is 0.406 e. The second-order valence-corrected chi connectivity index (χ2v) is 6.83. The lowest BCUT2D eigenvalue weighted by Gasteiger charge is -2.37. The Hall–Kier alpha value is -1.53. The summed E-state index contributed by atoms with van der Waals surface area (Å²) in [6.07, 6.45) is 0.0562. The van der Waals surface area contributed by atoms with Gasteiger partial charge in [0.2, 0.25) is 0 Å². The molecule has 2 aliphatic carbocycles. The Morgan fingerprint density at radius 1 is 1.39 bits per heavy atom. The zero-order chi connectivity index (χ0) is 16.8. The van der Waals surface area contributed by atoms with Gasteiger partial charge in [0.05, 0.1) is 6.04 Å². The summed E-state index contributed by atoms with van der Waals surface area (Å²) in [4.78, 5) is 13.5. The van der Waals surface area contributed by atoms with E-state index in [0.29, 0.717) is 18.8 Å². The van der Waals surface area contributed by atoms with E-state index in [0.717, 1.165) is 29.9 Å². The minimum Gasteiger partial charge on any atom is -0.325 e. The fourth-order valence-corrected chi connectivity index (χ4v) is 3.19. The first-order valence-electron chi connectivity index (χ1n) is 8.20. The first-order valence-corrected chi connectivity index (χ1v) is 8.20. The average Bonchev–Trinajstić information content (AvgIpc) is 3.16. The molecule has 2 saturated carbocycles. The molecule has 0 unspecified atom stereocenters. The van der Waals surface area contributed by atoms with Crippen LogP contribution < -0.4 is 0 Å². The number of halogens is 3. The summed E-state index contributed by atoms with van der Waals surface area (Å²) in [6.45, 7) is 2.70. The average molecular weight is 329 g/mol. The minimum absolute atomic E-state index is 0.131. The lowest BCUT2D eigenvalue weighted by atomic mass is 9.91. The number of amides is 1. The van der Waals surface area contributed by atoms with Gasteiger partial charge in [0.15, 0.2) is 5.69 Å². The first-order chi connectivity index (χ1) is 10.8. The predicted molar refractivity (Wildman–Crippen MR) is 79.1 cm³/mol. The van der Waals surface area contributed by atoms with Crippen LogP contribution in [0.1, 0.15) is 61.3 Å². The van der Waals surface area contributed by atoms with Crippen LogP contribution in [0.25, 0.3) is 0 Å². The molecule has 0 aromatic carbocycles. The van der Waals surface area contributed by atoms with Crippen molar-refractivity contribution in [2.24, 2.45) is 5.92 Å². The molecule has 4 nitrogen and oxygen atoms in total. The zero-order valence-corrected chi connectivity index (χ0v) is 13.4. The third-order valence-electron chi connectivity index (χ3n) is 4.96. The van der Waals surface area contributed by atoms with Gasteiger partial charge in [-0.05, 0) is 57.9 Å². The zero-order valence-electron chi connectivity index (χ0n) is 13.4. The van der Waals surface area contributed by atoms with E-state index >= 15 is 0 Å². The van der Waals surface area contributed by atoms with Crippen molar-refractivity contribution in [1.82, 2.24) is 14.7 Å². The normalized spacial score (nSPS) is 20.2. The molecule has 0 spiro atoms. The van der Waals surface area contributed by atoms with Crippen LogP contribution in [0.3, 0.4) is 0 Å². The van der Waals surface area contributed by atoms with Crippen molar-refractivity contribution >= 4 is 5.91 Å². The third kappa shape index (κ3) is 3.53. The summed E-state index contributed by atoms with van der Waals surface area (Å²) in [5, 5.41) is 4.32. The molecule has 1 amide bonds. The molecular formula is C16H22F3N3O.